The third-order valence-electron chi connectivity index (χ3n) is 2.82. The maximum absolute atomic E-state index is 5.43. The molecule has 0 aliphatic heterocycles. The fourth-order valence-corrected chi connectivity index (χ4v) is 2.96. The molecule has 0 fully saturated rings. The number of rotatable bonds is 3. The van der Waals surface area contributed by atoms with Crippen LogP contribution in [0.3, 0.4) is 0 Å². The zero-order chi connectivity index (χ0) is 12.4. The summed E-state index contributed by atoms with van der Waals surface area (Å²) < 4.78 is 5.43. The van der Waals surface area contributed by atoms with Gasteiger partial charge in [0.05, 0.1) is 18.0 Å². The van der Waals surface area contributed by atoms with Crippen LogP contribution in [0.15, 0.2) is 64.5 Å². The first-order chi connectivity index (χ1) is 8.88. The van der Waals surface area contributed by atoms with Crippen molar-refractivity contribution in [3.8, 4) is 5.75 Å². The number of H-pyrrole nitrogens is 1. The van der Waals surface area contributed by atoms with Crippen LogP contribution in [-0.2, 0) is 0 Å². The molecule has 1 heterocycles. The minimum Gasteiger partial charge on any atom is -0.496 e. The van der Waals surface area contributed by atoms with Crippen LogP contribution in [0.25, 0.3) is 10.9 Å². The van der Waals surface area contributed by atoms with Crippen molar-refractivity contribution < 1.29 is 4.74 Å². The van der Waals surface area contributed by atoms with E-state index in [0.29, 0.717) is 0 Å². The lowest BCUT2D eigenvalue weighted by Crippen LogP contribution is -1.83. The second-order valence-corrected chi connectivity index (χ2v) is 5.07. The Hall–Kier alpha value is -1.87. The van der Waals surface area contributed by atoms with E-state index in [9.17, 15) is 0 Å². The van der Waals surface area contributed by atoms with E-state index in [1.807, 2.05) is 24.4 Å². The molecule has 3 aromatic rings. The van der Waals surface area contributed by atoms with Gasteiger partial charge in [0, 0.05) is 16.0 Å². The van der Waals surface area contributed by atoms with E-state index in [-0.39, 0.29) is 0 Å². The average Bonchev–Trinajstić information content (AvgIpc) is 2.83. The quantitative estimate of drug-likeness (QED) is 0.753. The number of aromatic nitrogens is 1. The first kappa shape index (κ1) is 11.2. The second-order valence-electron chi connectivity index (χ2n) is 3.95. The molecule has 1 aromatic heterocycles. The van der Waals surface area contributed by atoms with Gasteiger partial charge in [-0.25, -0.2) is 0 Å². The van der Waals surface area contributed by atoms with Gasteiger partial charge in [-0.15, -0.1) is 0 Å². The Morgan fingerprint density at radius 1 is 1.00 bits per heavy atom. The Morgan fingerprint density at radius 2 is 1.83 bits per heavy atom. The van der Waals surface area contributed by atoms with Crippen molar-refractivity contribution in [2.75, 3.05) is 7.11 Å². The molecule has 0 aliphatic rings. The number of aromatic amines is 1. The Bertz CT molecular complexity index is 661. The Labute approximate surface area is 110 Å². The fraction of sp³-hybridized carbons (Fsp3) is 0.0667. The zero-order valence-electron chi connectivity index (χ0n) is 10.0. The van der Waals surface area contributed by atoms with Gasteiger partial charge in [0.1, 0.15) is 5.75 Å². The van der Waals surface area contributed by atoms with Crippen LogP contribution < -0.4 is 4.74 Å². The van der Waals surface area contributed by atoms with Crippen molar-refractivity contribution in [2.45, 2.75) is 9.79 Å². The summed E-state index contributed by atoms with van der Waals surface area (Å²) in [5, 5.41) is 1.15. The van der Waals surface area contributed by atoms with Crippen LogP contribution in [-0.4, -0.2) is 12.1 Å². The topological polar surface area (TPSA) is 25.0 Å². The number of ether oxygens (including phenoxy) is 1. The van der Waals surface area contributed by atoms with E-state index >= 15 is 0 Å². The number of methoxy groups -OCH3 is 1. The molecule has 0 bridgehead atoms. The molecule has 0 amide bonds. The van der Waals surface area contributed by atoms with Crippen LogP contribution >= 0.6 is 11.8 Å². The first-order valence-electron chi connectivity index (χ1n) is 5.75. The summed E-state index contributed by atoms with van der Waals surface area (Å²) in [4.78, 5) is 5.70. The van der Waals surface area contributed by atoms with Gasteiger partial charge in [0.15, 0.2) is 0 Å². The predicted molar refractivity (Wildman–Crippen MR) is 75.4 cm³/mol. The van der Waals surface area contributed by atoms with Crippen LogP contribution in [0, 0.1) is 0 Å². The van der Waals surface area contributed by atoms with E-state index in [2.05, 4.69) is 35.3 Å². The lowest BCUT2D eigenvalue weighted by molar-refractivity contribution is 0.419. The molecule has 0 aliphatic carbocycles. The number of hydrogen-bond donors (Lipinski definition) is 1. The third-order valence-corrected chi connectivity index (χ3v) is 3.87. The summed E-state index contributed by atoms with van der Waals surface area (Å²) in [7, 11) is 1.71. The standard InChI is InChI=1S/C15H13NOS/c1-17-13-9-5-8-12-15(13)14(10-16-12)18-11-6-3-2-4-7-11/h2-10,16H,1H3. The van der Waals surface area contributed by atoms with E-state index < -0.39 is 0 Å². The average molecular weight is 255 g/mol. The Balaban J connectivity index is 2.07. The minimum absolute atomic E-state index is 0.909. The fourth-order valence-electron chi connectivity index (χ4n) is 1.99. The Morgan fingerprint density at radius 3 is 2.61 bits per heavy atom. The molecule has 0 radical (unpaired) electrons. The molecular formula is C15H13NOS. The third kappa shape index (κ3) is 1.97. The van der Waals surface area contributed by atoms with Gasteiger partial charge in [0.25, 0.3) is 0 Å². The molecule has 90 valence electrons. The molecule has 0 spiro atoms. The van der Waals surface area contributed by atoms with E-state index in [0.717, 1.165) is 16.7 Å². The van der Waals surface area contributed by atoms with Gasteiger partial charge >= 0.3 is 0 Å². The highest BCUT2D eigenvalue weighted by Crippen LogP contribution is 2.37. The SMILES string of the molecule is COc1cccc2[nH]cc(Sc3ccccc3)c12. The minimum atomic E-state index is 0.909. The number of benzene rings is 2. The first-order valence-corrected chi connectivity index (χ1v) is 6.57. The largest absolute Gasteiger partial charge is 0.496 e. The summed E-state index contributed by atoms with van der Waals surface area (Å²) in [5.74, 6) is 0.909. The summed E-state index contributed by atoms with van der Waals surface area (Å²) in [6.07, 6.45) is 2.03. The van der Waals surface area contributed by atoms with E-state index in [1.165, 1.54) is 9.79 Å². The van der Waals surface area contributed by atoms with Gasteiger partial charge in [-0.1, -0.05) is 36.0 Å². The molecular weight excluding hydrogens is 242 g/mol. The normalized spacial score (nSPS) is 10.7. The highest BCUT2D eigenvalue weighted by atomic mass is 32.2. The smallest absolute Gasteiger partial charge is 0.129 e. The monoisotopic (exact) mass is 255 g/mol. The highest BCUT2D eigenvalue weighted by molar-refractivity contribution is 7.99. The van der Waals surface area contributed by atoms with Gasteiger partial charge < -0.3 is 9.72 Å². The molecule has 2 nitrogen and oxygen atoms in total. The summed E-state index contributed by atoms with van der Waals surface area (Å²) in [6, 6.07) is 16.4. The number of fused-ring (bicyclic) bond motifs is 1. The molecule has 1 N–H and O–H groups in total. The van der Waals surface area contributed by atoms with Crippen molar-refractivity contribution in [3.63, 3.8) is 0 Å². The molecule has 0 atom stereocenters. The van der Waals surface area contributed by atoms with Crippen LogP contribution in [0.2, 0.25) is 0 Å². The number of nitrogens with one attached hydrogen (secondary N) is 1. The van der Waals surface area contributed by atoms with Crippen LogP contribution in [0.1, 0.15) is 0 Å². The number of hydrogen-bond acceptors (Lipinski definition) is 2. The van der Waals surface area contributed by atoms with Crippen molar-refractivity contribution in [3.05, 3.63) is 54.7 Å². The van der Waals surface area contributed by atoms with Crippen molar-refractivity contribution in [1.82, 2.24) is 4.98 Å². The van der Waals surface area contributed by atoms with Gasteiger partial charge in [-0.05, 0) is 24.3 Å². The molecule has 2 aromatic carbocycles. The lowest BCUT2D eigenvalue weighted by Gasteiger charge is -2.04. The van der Waals surface area contributed by atoms with Gasteiger partial charge in [-0.3, -0.25) is 0 Å². The maximum Gasteiger partial charge on any atom is 0.129 e. The molecule has 3 heteroatoms. The Kier molecular flexibility index (Phi) is 2.99. The zero-order valence-corrected chi connectivity index (χ0v) is 10.8. The van der Waals surface area contributed by atoms with Gasteiger partial charge in [0.2, 0.25) is 0 Å². The van der Waals surface area contributed by atoms with Gasteiger partial charge in [-0.2, -0.15) is 0 Å². The molecule has 0 saturated carbocycles. The second kappa shape index (κ2) is 4.78. The van der Waals surface area contributed by atoms with Crippen molar-refractivity contribution >= 4 is 22.7 Å². The predicted octanol–water partition coefficient (Wildman–Crippen LogP) is 4.33. The molecule has 0 saturated heterocycles. The summed E-state index contributed by atoms with van der Waals surface area (Å²) >= 11 is 1.74. The summed E-state index contributed by atoms with van der Waals surface area (Å²) in [6.45, 7) is 0. The van der Waals surface area contributed by atoms with E-state index in [4.69, 9.17) is 4.74 Å². The highest BCUT2D eigenvalue weighted by Gasteiger charge is 2.09. The molecule has 0 unspecified atom stereocenters. The van der Waals surface area contributed by atoms with Crippen LogP contribution in [0.4, 0.5) is 0 Å². The maximum atomic E-state index is 5.43. The lowest BCUT2D eigenvalue weighted by atomic mass is 10.2. The molecule has 3 rings (SSSR count). The van der Waals surface area contributed by atoms with E-state index in [1.54, 1.807) is 18.9 Å². The van der Waals surface area contributed by atoms with Crippen LogP contribution in [0.5, 0.6) is 5.75 Å². The van der Waals surface area contributed by atoms with Crippen molar-refractivity contribution in [1.29, 1.82) is 0 Å². The summed E-state index contributed by atoms with van der Waals surface area (Å²) in [5.41, 5.74) is 1.10. The molecule has 18 heavy (non-hydrogen) atoms. The van der Waals surface area contributed by atoms with Crippen molar-refractivity contribution in [2.24, 2.45) is 0 Å².